The topological polar surface area (TPSA) is 271 Å². The van der Waals surface area contributed by atoms with Crippen molar-refractivity contribution in [1.82, 2.24) is 29.9 Å². The molecule has 10 rings (SSSR count). The van der Waals surface area contributed by atoms with Gasteiger partial charge in [-0.15, -0.1) is 0 Å². The van der Waals surface area contributed by atoms with Crippen molar-refractivity contribution in [2.75, 3.05) is 72.3 Å². The first-order chi connectivity index (χ1) is 29.1. The first-order valence-corrected chi connectivity index (χ1v) is 19.8. The minimum absolute atomic E-state index is 0.0306. The average molecular weight is 813 g/mol. The number of amides is 2. The Labute approximate surface area is 343 Å². The molecular formula is C42H44N12O6. The Bertz CT molecular complexity index is 2510. The zero-order valence-corrected chi connectivity index (χ0v) is 33.0. The Morgan fingerprint density at radius 2 is 1.12 bits per heavy atom. The second-order valence-electron chi connectivity index (χ2n) is 15.4. The summed E-state index contributed by atoms with van der Waals surface area (Å²) in [6.45, 7) is 6.66. The number of carbonyl (C=O) groups excluding carboxylic acids is 2. The lowest BCUT2D eigenvalue weighted by molar-refractivity contribution is -0.118. The van der Waals surface area contributed by atoms with Gasteiger partial charge in [-0.1, -0.05) is 0 Å². The molecule has 6 aromatic heterocycles. The van der Waals surface area contributed by atoms with Crippen LogP contribution in [-0.2, 0) is 9.59 Å². The van der Waals surface area contributed by atoms with E-state index in [2.05, 4.69) is 51.2 Å². The van der Waals surface area contributed by atoms with Gasteiger partial charge in [-0.3, -0.25) is 9.59 Å². The van der Waals surface area contributed by atoms with E-state index in [9.17, 15) is 9.59 Å². The molecule has 0 saturated heterocycles. The van der Waals surface area contributed by atoms with Crippen molar-refractivity contribution in [1.29, 1.82) is 0 Å². The normalized spacial score (nSPS) is 19.5. The molecule has 10 N–H and O–H groups in total. The van der Waals surface area contributed by atoms with Gasteiger partial charge in [0.05, 0.1) is 11.4 Å². The number of rotatable bonds is 8. The third-order valence-electron chi connectivity index (χ3n) is 11.4. The van der Waals surface area contributed by atoms with Crippen LogP contribution in [-0.4, -0.2) is 91.4 Å². The van der Waals surface area contributed by atoms with Crippen LogP contribution in [0.25, 0.3) is 44.1 Å². The molecule has 6 aromatic rings. The van der Waals surface area contributed by atoms with Gasteiger partial charge in [0.2, 0.25) is 23.6 Å². The molecule has 4 atom stereocenters. The molecule has 0 aromatic carbocycles. The molecule has 4 aliphatic rings. The molecule has 18 heteroatoms. The number of nitrogens with one attached hydrogen (secondary N) is 4. The fourth-order valence-electron chi connectivity index (χ4n) is 7.70. The molecule has 2 aliphatic carbocycles. The molecule has 2 aliphatic heterocycles. The van der Waals surface area contributed by atoms with E-state index >= 15 is 0 Å². The number of carbonyl (C=O) groups is 2. The van der Waals surface area contributed by atoms with Crippen LogP contribution in [0.15, 0.2) is 49.1 Å². The number of hydrogen-bond acceptors (Lipinski definition) is 16. The summed E-state index contributed by atoms with van der Waals surface area (Å²) in [5.41, 5.74) is 19.2. The summed E-state index contributed by atoms with van der Waals surface area (Å²) in [7, 11) is 0. The highest BCUT2D eigenvalue weighted by atomic mass is 16.5. The molecule has 0 unspecified atom stereocenters. The number of aliphatic hydroxyl groups is 2. The van der Waals surface area contributed by atoms with Crippen molar-refractivity contribution in [3.63, 3.8) is 0 Å². The maximum atomic E-state index is 12.3. The van der Waals surface area contributed by atoms with Gasteiger partial charge < -0.3 is 52.4 Å². The average Bonchev–Trinajstić information content (AvgIpc) is 4.20. The summed E-state index contributed by atoms with van der Waals surface area (Å²) in [6.07, 6.45) is 8.11. The molecule has 2 saturated carbocycles. The minimum Gasteiger partial charge on any atom is -0.474 e. The summed E-state index contributed by atoms with van der Waals surface area (Å²) < 4.78 is 11.2. The van der Waals surface area contributed by atoms with Crippen LogP contribution in [0.4, 0.5) is 34.6 Å². The van der Waals surface area contributed by atoms with Crippen molar-refractivity contribution in [2.45, 2.75) is 26.7 Å². The Morgan fingerprint density at radius 1 is 0.683 bits per heavy atom. The molecule has 18 nitrogen and oxygen atoms in total. The van der Waals surface area contributed by atoms with Crippen molar-refractivity contribution in [3.8, 4) is 34.3 Å². The van der Waals surface area contributed by atoms with Crippen LogP contribution >= 0.6 is 0 Å². The number of fused-ring (bicyclic) bond motifs is 4. The van der Waals surface area contributed by atoms with Gasteiger partial charge in [0, 0.05) is 84.8 Å². The Morgan fingerprint density at radius 3 is 1.52 bits per heavy atom. The van der Waals surface area contributed by atoms with Crippen molar-refractivity contribution in [3.05, 3.63) is 60.2 Å². The lowest BCUT2D eigenvalue weighted by Crippen LogP contribution is -2.20. The number of nitrogen functional groups attached to an aromatic ring is 2. The highest BCUT2D eigenvalue weighted by Gasteiger charge is 2.43. The van der Waals surface area contributed by atoms with E-state index in [4.69, 9.17) is 31.2 Å². The number of pyridine rings is 6. The van der Waals surface area contributed by atoms with E-state index in [1.165, 1.54) is 0 Å². The predicted molar refractivity (Wildman–Crippen MR) is 226 cm³/mol. The Hall–Kier alpha value is -6.92. The van der Waals surface area contributed by atoms with Gasteiger partial charge in [0.25, 0.3) is 0 Å². The summed E-state index contributed by atoms with van der Waals surface area (Å²) >= 11 is 0. The van der Waals surface area contributed by atoms with Crippen molar-refractivity contribution in [2.24, 2.45) is 23.7 Å². The third-order valence-corrected chi connectivity index (χ3v) is 11.4. The number of nitrogens with two attached hydrogens (primary N) is 2. The number of anilines is 6. The summed E-state index contributed by atoms with van der Waals surface area (Å²) in [4.78, 5) is 51.1. The standard InChI is InChI=1S/2C21H22N6O3/c2*1-10-14(7-25-21-18(10)23-2-3-30-21)16-5-11-6-17(24-8-15(11)19(22)26-16)27-20(29)13-4-12(13)9-28/h2*5-8,12-13,23,28H,2-4,9H2,1H3,(H2,22,26)(H,24,27,29)/t2*12-,13-/m10/s1. The molecule has 0 spiro atoms. The Kier molecular flexibility index (Phi) is 10.1. The highest BCUT2D eigenvalue weighted by molar-refractivity contribution is 6.00. The third kappa shape index (κ3) is 7.46. The first-order valence-electron chi connectivity index (χ1n) is 19.8. The smallest absolute Gasteiger partial charge is 0.237 e. The maximum Gasteiger partial charge on any atom is 0.237 e. The van der Waals surface area contributed by atoms with Crippen LogP contribution in [0.3, 0.4) is 0 Å². The van der Waals surface area contributed by atoms with Crippen molar-refractivity contribution >= 4 is 68.0 Å². The first kappa shape index (κ1) is 38.6. The van der Waals surface area contributed by atoms with Crippen molar-refractivity contribution < 1.29 is 29.3 Å². The SMILES string of the molecule is Cc1c(-c2cc3cc(NC(=O)[C@@H]4C[C@@H]4CO)ncc3c(N)n2)cnc2c1NCCO2.Cc1c(-c2cc3cc(NC(=O)[C@H]4C[C@H]4CO)ncc3c(N)n2)cnc2c1NCCO2. The summed E-state index contributed by atoms with van der Waals surface area (Å²) in [5.74, 6) is 2.35. The number of aliphatic hydroxyl groups excluding tert-OH is 2. The fourth-order valence-corrected chi connectivity index (χ4v) is 7.70. The van der Waals surface area contributed by atoms with E-state index in [1.807, 2.05) is 26.0 Å². The molecule has 2 amide bonds. The predicted octanol–water partition coefficient (Wildman–Crippen LogP) is 3.91. The molecule has 8 heterocycles. The number of aromatic nitrogens is 6. The molecule has 0 radical (unpaired) electrons. The second kappa shape index (κ2) is 15.7. The van der Waals surface area contributed by atoms with Crippen LogP contribution in [0.2, 0.25) is 0 Å². The molecular weight excluding hydrogens is 769 g/mol. The lowest BCUT2D eigenvalue weighted by Gasteiger charge is -2.21. The van der Waals surface area contributed by atoms with Gasteiger partial charge in [-0.25, -0.2) is 29.9 Å². The van der Waals surface area contributed by atoms with E-state index < -0.39 is 0 Å². The lowest BCUT2D eigenvalue weighted by atomic mass is 10.0. The number of ether oxygens (including phenoxy) is 2. The summed E-state index contributed by atoms with van der Waals surface area (Å²) in [6, 6.07) is 7.40. The number of hydrogen-bond donors (Lipinski definition) is 8. The van der Waals surface area contributed by atoms with Crippen LogP contribution in [0.5, 0.6) is 11.8 Å². The number of nitrogens with zero attached hydrogens (tertiary/aromatic N) is 6. The van der Waals surface area contributed by atoms with E-state index in [1.54, 1.807) is 36.9 Å². The van der Waals surface area contributed by atoms with Gasteiger partial charge >= 0.3 is 0 Å². The van der Waals surface area contributed by atoms with Gasteiger partial charge in [0.1, 0.15) is 47.9 Å². The zero-order chi connectivity index (χ0) is 41.7. The molecule has 308 valence electrons. The minimum atomic E-state index is -0.149. The van der Waals surface area contributed by atoms with Gasteiger partial charge in [-0.05, 0) is 84.7 Å². The Balaban J connectivity index is 0.000000154. The van der Waals surface area contributed by atoms with Crippen LogP contribution in [0, 0.1) is 37.5 Å². The van der Waals surface area contributed by atoms with Gasteiger partial charge in [-0.2, -0.15) is 0 Å². The van der Waals surface area contributed by atoms with Gasteiger partial charge in [0.15, 0.2) is 0 Å². The van der Waals surface area contributed by atoms with E-state index in [0.717, 1.165) is 57.5 Å². The van der Waals surface area contributed by atoms with E-state index in [-0.39, 0.29) is 48.7 Å². The fraction of sp³-hybridized carbons (Fsp3) is 0.333. The quantitative estimate of drug-likeness (QED) is 0.108. The molecule has 2 fully saturated rings. The molecule has 0 bridgehead atoms. The van der Waals surface area contributed by atoms with E-state index in [0.29, 0.717) is 83.2 Å². The largest absolute Gasteiger partial charge is 0.474 e. The zero-order valence-electron chi connectivity index (χ0n) is 33.0. The summed E-state index contributed by atoms with van der Waals surface area (Å²) in [5, 5.41) is 33.7. The monoisotopic (exact) mass is 812 g/mol. The second-order valence-corrected chi connectivity index (χ2v) is 15.4. The van der Waals surface area contributed by atoms with Crippen LogP contribution in [0.1, 0.15) is 24.0 Å². The molecule has 60 heavy (non-hydrogen) atoms. The maximum absolute atomic E-state index is 12.3. The van der Waals surface area contributed by atoms with Crippen LogP contribution < -0.4 is 42.2 Å². The highest BCUT2D eigenvalue weighted by Crippen LogP contribution is 2.41.